The van der Waals surface area contributed by atoms with E-state index >= 15 is 0 Å². The highest BCUT2D eigenvalue weighted by Crippen LogP contribution is 2.34. The molecule has 2 heterocycles. The van der Waals surface area contributed by atoms with Crippen LogP contribution in [-0.2, 0) is 13.0 Å². The highest BCUT2D eigenvalue weighted by Gasteiger charge is 2.22. The van der Waals surface area contributed by atoms with E-state index < -0.39 is 0 Å². The Morgan fingerprint density at radius 1 is 1.55 bits per heavy atom. The van der Waals surface area contributed by atoms with Crippen molar-refractivity contribution >= 4 is 17.2 Å². The second-order valence-electron chi connectivity index (χ2n) is 5.16. The summed E-state index contributed by atoms with van der Waals surface area (Å²) in [6, 6.07) is 2.40. The van der Waals surface area contributed by atoms with E-state index in [0.717, 1.165) is 25.8 Å². The highest BCUT2D eigenvalue weighted by molar-refractivity contribution is 7.10. The van der Waals surface area contributed by atoms with Crippen LogP contribution in [0.4, 0.5) is 5.82 Å². The largest absolute Gasteiger partial charge is 0.359 e. The van der Waals surface area contributed by atoms with Gasteiger partial charge >= 0.3 is 0 Å². The van der Waals surface area contributed by atoms with Gasteiger partial charge in [-0.2, -0.15) is 0 Å². The number of aryl methyl sites for hydroxylation is 2. The summed E-state index contributed by atoms with van der Waals surface area (Å²) in [6.07, 6.45) is 7.80. The minimum Gasteiger partial charge on any atom is -0.359 e. The Morgan fingerprint density at radius 2 is 2.45 bits per heavy atom. The average Bonchev–Trinajstić information content (AvgIpc) is 2.93. The third kappa shape index (κ3) is 2.50. The van der Waals surface area contributed by atoms with Crippen molar-refractivity contribution in [2.75, 3.05) is 5.32 Å². The van der Waals surface area contributed by atoms with Gasteiger partial charge in [-0.25, -0.2) is 4.98 Å². The van der Waals surface area contributed by atoms with E-state index in [-0.39, 0.29) is 11.6 Å². The number of hydrogen-bond acceptors (Lipinski definition) is 4. The highest BCUT2D eigenvalue weighted by atomic mass is 32.1. The Morgan fingerprint density at radius 3 is 3.30 bits per heavy atom. The van der Waals surface area contributed by atoms with Crippen LogP contribution in [0.25, 0.3) is 0 Å². The smallest absolute Gasteiger partial charge is 0.293 e. The van der Waals surface area contributed by atoms with Gasteiger partial charge in [0.1, 0.15) is 0 Å². The normalized spacial score (nSPS) is 17.8. The van der Waals surface area contributed by atoms with Gasteiger partial charge in [0, 0.05) is 23.8 Å². The molecule has 0 spiro atoms. The zero-order valence-corrected chi connectivity index (χ0v) is 12.4. The number of thiophene rings is 1. The summed E-state index contributed by atoms with van der Waals surface area (Å²) in [6.45, 7) is 2.81. The topological polar surface area (TPSA) is 46.9 Å². The first-order chi connectivity index (χ1) is 9.79. The SMILES string of the molecule is CCCn1ccnc(NC2CCCc3sccc32)c1=O. The Kier molecular flexibility index (Phi) is 3.87. The van der Waals surface area contributed by atoms with Gasteiger partial charge < -0.3 is 9.88 Å². The molecule has 0 saturated heterocycles. The maximum absolute atomic E-state index is 12.3. The summed E-state index contributed by atoms with van der Waals surface area (Å²) >= 11 is 1.81. The maximum atomic E-state index is 12.3. The summed E-state index contributed by atoms with van der Waals surface area (Å²) in [7, 11) is 0. The van der Waals surface area contributed by atoms with Crippen LogP contribution in [0.15, 0.2) is 28.6 Å². The van der Waals surface area contributed by atoms with Crippen molar-refractivity contribution in [3.8, 4) is 0 Å². The average molecular weight is 289 g/mol. The van der Waals surface area contributed by atoms with Gasteiger partial charge in [-0.05, 0) is 42.7 Å². The van der Waals surface area contributed by atoms with Crippen molar-refractivity contribution < 1.29 is 0 Å². The van der Waals surface area contributed by atoms with Crippen molar-refractivity contribution in [3.63, 3.8) is 0 Å². The van der Waals surface area contributed by atoms with E-state index in [2.05, 4.69) is 28.7 Å². The fraction of sp³-hybridized carbons (Fsp3) is 0.467. The summed E-state index contributed by atoms with van der Waals surface area (Å²) in [5.41, 5.74) is 1.32. The lowest BCUT2D eigenvalue weighted by molar-refractivity contribution is 0.600. The molecule has 1 N–H and O–H groups in total. The molecule has 4 nitrogen and oxygen atoms in total. The first-order valence-electron chi connectivity index (χ1n) is 7.18. The van der Waals surface area contributed by atoms with Crippen LogP contribution in [0.1, 0.15) is 42.7 Å². The zero-order valence-electron chi connectivity index (χ0n) is 11.6. The molecule has 0 amide bonds. The fourth-order valence-corrected chi connectivity index (χ4v) is 3.75. The number of rotatable bonds is 4. The lowest BCUT2D eigenvalue weighted by Crippen LogP contribution is -2.27. The molecule has 0 bridgehead atoms. The first-order valence-corrected chi connectivity index (χ1v) is 8.06. The van der Waals surface area contributed by atoms with Crippen molar-refractivity contribution in [3.05, 3.63) is 44.6 Å². The maximum Gasteiger partial charge on any atom is 0.293 e. The monoisotopic (exact) mass is 289 g/mol. The van der Waals surface area contributed by atoms with Crippen LogP contribution in [0.2, 0.25) is 0 Å². The fourth-order valence-electron chi connectivity index (χ4n) is 2.76. The number of aromatic nitrogens is 2. The van der Waals surface area contributed by atoms with Gasteiger partial charge in [0.2, 0.25) is 0 Å². The lowest BCUT2D eigenvalue weighted by atomic mass is 9.94. The predicted molar refractivity (Wildman–Crippen MR) is 82.4 cm³/mol. The quantitative estimate of drug-likeness (QED) is 0.940. The standard InChI is InChI=1S/C15H19N3OS/c1-2-8-18-9-7-16-14(15(18)19)17-12-4-3-5-13-11(12)6-10-20-13/h6-7,9-10,12H,2-5,8H2,1H3,(H,16,17). The minimum absolute atomic E-state index is 0.0169. The van der Waals surface area contributed by atoms with Crippen LogP contribution >= 0.6 is 11.3 Å². The van der Waals surface area contributed by atoms with E-state index in [4.69, 9.17) is 0 Å². The van der Waals surface area contributed by atoms with E-state index in [1.807, 2.05) is 11.3 Å². The summed E-state index contributed by atoms with van der Waals surface area (Å²) < 4.78 is 1.73. The van der Waals surface area contributed by atoms with Gasteiger partial charge in [0.15, 0.2) is 5.82 Å². The molecular weight excluding hydrogens is 270 g/mol. The molecule has 0 radical (unpaired) electrons. The van der Waals surface area contributed by atoms with Crippen LogP contribution < -0.4 is 10.9 Å². The molecule has 1 atom stereocenters. The molecule has 0 aromatic carbocycles. The van der Waals surface area contributed by atoms with E-state index in [9.17, 15) is 4.79 Å². The summed E-state index contributed by atoms with van der Waals surface area (Å²) in [4.78, 5) is 18.0. The molecule has 1 aliphatic rings. The van der Waals surface area contributed by atoms with Crippen molar-refractivity contribution in [1.29, 1.82) is 0 Å². The Labute approximate surface area is 122 Å². The molecule has 0 fully saturated rings. The van der Waals surface area contributed by atoms with Gasteiger partial charge in [-0.15, -0.1) is 11.3 Å². The molecule has 1 aliphatic carbocycles. The molecule has 3 rings (SSSR count). The van der Waals surface area contributed by atoms with Crippen LogP contribution in [0.5, 0.6) is 0 Å². The van der Waals surface area contributed by atoms with Crippen molar-refractivity contribution in [2.24, 2.45) is 0 Å². The molecule has 0 saturated carbocycles. The number of anilines is 1. The molecule has 20 heavy (non-hydrogen) atoms. The minimum atomic E-state index is -0.0169. The van der Waals surface area contributed by atoms with Crippen LogP contribution in [-0.4, -0.2) is 9.55 Å². The Bertz CT molecular complexity index is 647. The predicted octanol–water partition coefficient (Wildman–Crippen LogP) is 3.20. The van der Waals surface area contributed by atoms with Gasteiger partial charge in [-0.3, -0.25) is 4.79 Å². The number of hydrogen-bond donors (Lipinski definition) is 1. The second kappa shape index (κ2) is 5.79. The zero-order chi connectivity index (χ0) is 13.9. The van der Waals surface area contributed by atoms with Crippen LogP contribution in [0.3, 0.4) is 0 Å². The molecule has 5 heteroatoms. The molecule has 106 valence electrons. The molecule has 2 aromatic heterocycles. The number of nitrogens with one attached hydrogen (secondary N) is 1. The van der Waals surface area contributed by atoms with E-state index in [1.165, 1.54) is 16.9 Å². The second-order valence-corrected chi connectivity index (χ2v) is 6.16. The third-order valence-corrected chi connectivity index (χ3v) is 4.74. The van der Waals surface area contributed by atoms with Crippen LogP contribution in [0, 0.1) is 0 Å². The van der Waals surface area contributed by atoms with Crippen molar-refractivity contribution in [1.82, 2.24) is 9.55 Å². The summed E-state index contributed by atoms with van der Waals surface area (Å²) in [5.74, 6) is 0.477. The lowest BCUT2D eigenvalue weighted by Gasteiger charge is -2.24. The number of nitrogens with zero attached hydrogens (tertiary/aromatic N) is 2. The number of fused-ring (bicyclic) bond motifs is 1. The summed E-state index contributed by atoms with van der Waals surface area (Å²) in [5, 5.41) is 5.49. The Hall–Kier alpha value is -1.62. The van der Waals surface area contributed by atoms with Gasteiger partial charge in [0.25, 0.3) is 5.56 Å². The van der Waals surface area contributed by atoms with E-state index in [1.54, 1.807) is 17.0 Å². The molecular formula is C15H19N3OS. The third-order valence-electron chi connectivity index (χ3n) is 3.74. The molecule has 0 aliphatic heterocycles. The Balaban J connectivity index is 1.86. The molecule has 1 unspecified atom stereocenters. The van der Waals surface area contributed by atoms with Gasteiger partial charge in [-0.1, -0.05) is 6.92 Å². The van der Waals surface area contributed by atoms with E-state index in [0.29, 0.717) is 5.82 Å². The first kappa shape index (κ1) is 13.4. The molecule has 2 aromatic rings. The van der Waals surface area contributed by atoms with Crippen molar-refractivity contribution in [2.45, 2.75) is 45.2 Å². The van der Waals surface area contributed by atoms with Gasteiger partial charge in [0.05, 0.1) is 6.04 Å².